The molecule has 16 unspecified atom stereocenters. The first kappa shape index (κ1) is 33.2. The van der Waals surface area contributed by atoms with E-state index in [1.54, 1.807) is 18.2 Å². The molecule has 1 aliphatic carbocycles. The first-order chi connectivity index (χ1) is 21.9. The topological polar surface area (TPSA) is 247 Å². The van der Waals surface area contributed by atoms with E-state index >= 15 is 0 Å². The predicted molar refractivity (Wildman–Crippen MR) is 149 cm³/mol. The van der Waals surface area contributed by atoms with Gasteiger partial charge < -0.3 is 74.0 Å². The molecule has 16 heteroatoms. The maximum Gasteiger partial charge on any atom is 0.330 e. The van der Waals surface area contributed by atoms with Crippen molar-refractivity contribution in [1.82, 2.24) is 0 Å². The van der Waals surface area contributed by atoms with Gasteiger partial charge >= 0.3 is 5.97 Å². The summed E-state index contributed by atoms with van der Waals surface area (Å²) in [4.78, 5) is 12.7. The van der Waals surface area contributed by atoms with E-state index < -0.39 is 110 Å². The van der Waals surface area contributed by atoms with Crippen LogP contribution in [0.15, 0.2) is 42.7 Å². The second kappa shape index (κ2) is 13.1. The molecule has 6 rings (SSSR count). The SMILES string of the molecule is CC1OC(OC2C3C=COC(OC4OC(CO)C(O)C(O)C4O)C3C3(COC(=O)/C=C/c4ccc(O)cc4)OC23)C(O)C(O)C1O. The van der Waals surface area contributed by atoms with Crippen molar-refractivity contribution in [3.8, 4) is 5.75 Å². The normalized spacial score (nSPS) is 46.4. The lowest BCUT2D eigenvalue weighted by Gasteiger charge is -2.44. The molecule has 254 valence electrons. The molecule has 0 radical (unpaired) electrons. The number of fused-ring (bicyclic) bond motifs is 3. The molecule has 1 saturated carbocycles. The lowest BCUT2D eigenvalue weighted by molar-refractivity contribution is -0.347. The minimum atomic E-state index is -1.73. The molecule has 0 aromatic heterocycles. The second-order valence-electron chi connectivity index (χ2n) is 12.1. The molecule has 16 nitrogen and oxygen atoms in total. The molecule has 0 bridgehead atoms. The summed E-state index contributed by atoms with van der Waals surface area (Å²) in [6.45, 7) is 0.522. The Kier molecular flexibility index (Phi) is 9.43. The minimum Gasteiger partial charge on any atom is -0.508 e. The Hall–Kier alpha value is -2.71. The Labute approximate surface area is 262 Å². The molecule has 4 fully saturated rings. The zero-order chi connectivity index (χ0) is 32.9. The fourth-order valence-corrected chi connectivity index (χ4v) is 6.55. The van der Waals surface area contributed by atoms with Crippen LogP contribution in [0.1, 0.15) is 12.5 Å². The Morgan fingerprint density at radius 1 is 0.891 bits per heavy atom. The van der Waals surface area contributed by atoms with Gasteiger partial charge in [-0.15, -0.1) is 0 Å². The van der Waals surface area contributed by atoms with E-state index in [9.17, 15) is 45.6 Å². The third-order valence-electron chi connectivity index (χ3n) is 9.20. The highest BCUT2D eigenvalue weighted by Crippen LogP contribution is 2.61. The summed E-state index contributed by atoms with van der Waals surface area (Å²) in [5.41, 5.74) is -0.640. The number of hydrogen-bond acceptors (Lipinski definition) is 16. The van der Waals surface area contributed by atoms with E-state index in [0.29, 0.717) is 5.56 Å². The van der Waals surface area contributed by atoms with Gasteiger partial charge in [0.05, 0.1) is 31.0 Å². The minimum absolute atomic E-state index is 0.0684. The monoisotopic (exact) mass is 654 g/mol. The number of aromatic hydroxyl groups is 1. The molecule has 3 saturated heterocycles. The summed E-state index contributed by atoms with van der Waals surface area (Å²) >= 11 is 0. The van der Waals surface area contributed by atoms with Crippen molar-refractivity contribution in [2.24, 2.45) is 11.8 Å². The first-order valence-electron chi connectivity index (χ1n) is 14.9. The van der Waals surface area contributed by atoms with Gasteiger partial charge in [0.2, 0.25) is 6.29 Å². The lowest BCUT2D eigenvalue weighted by atomic mass is 9.85. The van der Waals surface area contributed by atoms with Crippen LogP contribution in [-0.4, -0.2) is 146 Å². The van der Waals surface area contributed by atoms with Crippen LogP contribution < -0.4 is 0 Å². The zero-order valence-corrected chi connectivity index (χ0v) is 24.5. The first-order valence-corrected chi connectivity index (χ1v) is 14.9. The van der Waals surface area contributed by atoms with E-state index in [1.807, 2.05) is 0 Å². The van der Waals surface area contributed by atoms with Crippen LogP contribution in [-0.2, 0) is 38.0 Å². The lowest BCUT2D eigenvalue weighted by Crippen LogP contribution is -2.60. The number of esters is 1. The molecule has 5 aliphatic rings. The van der Waals surface area contributed by atoms with E-state index in [2.05, 4.69) is 0 Å². The van der Waals surface area contributed by atoms with Crippen LogP contribution in [0.25, 0.3) is 6.08 Å². The maximum atomic E-state index is 12.7. The van der Waals surface area contributed by atoms with E-state index in [-0.39, 0.29) is 12.4 Å². The summed E-state index contributed by atoms with van der Waals surface area (Å²) < 4.78 is 40.7. The van der Waals surface area contributed by atoms with Crippen molar-refractivity contribution in [2.45, 2.75) is 92.4 Å². The number of benzene rings is 1. The average Bonchev–Trinajstić information content (AvgIpc) is 3.72. The van der Waals surface area contributed by atoms with Crippen molar-refractivity contribution in [3.05, 3.63) is 48.2 Å². The van der Waals surface area contributed by atoms with Gasteiger partial charge in [-0.1, -0.05) is 12.1 Å². The van der Waals surface area contributed by atoms with Crippen LogP contribution in [0.3, 0.4) is 0 Å². The van der Waals surface area contributed by atoms with Crippen LogP contribution in [0.2, 0.25) is 0 Å². The van der Waals surface area contributed by atoms with Crippen molar-refractivity contribution >= 4 is 12.0 Å². The van der Waals surface area contributed by atoms with Crippen LogP contribution in [0, 0.1) is 11.8 Å². The number of aliphatic hydroxyl groups excluding tert-OH is 7. The highest BCUT2D eigenvalue weighted by molar-refractivity contribution is 5.87. The van der Waals surface area contributed by atoms with Gasteiger partial charge in [0.1, 0.15) is 66.8 Å². The van der Waals surface area contributed by atoms with Crippen molar-refractivity contribution < 1.29 is 78.8 Å². The zero-order valence-electron chi connectivity index (χ0n) is 24.5. The van der Waals surface area contributed by atoms with Gasteiger partial charge in [0.15, 0.2) is 12.6 Å². The molecule has 0 amide bonds. The quantitative estimate of drug-likeness (QED) is 0.0763. The molecule has 1 aromatic carbocycles. The van der Waals surface area contributed by atoms with Crippen LogP contribution >= 0.6 is 0 Å². The van der Waals surface area contributed by atoms with Crippen molar-refractivity contribution in [2.75, 3.05) is 13.2 Å². The predicted octanol–water partition coefficient (Wildman–Crippen LogP) is -2.77. The number of epoxide rings is 1. The molecular formula is C30H38O16. The van der Waals surface area contributed by atoms with Gasteiger partial charge in [-0.3, -0.25) is 0 Å². The molecule has 46 heavy (non-hydrogen) atoms. The van der Waals surface area contributed by atoms with E-state index in [4.69, 9.17) is 33.2 Å². The van der Waals surface area contributed by atoms with Gasteiger partial charge in [0.25, 0.3) is 0 Å². The summed E-state index contributed by atoms with van der Waals surface area (Å²) in [7, 11) is 0. The maximum absolute atomic E-state index is 12.7. The number of phenolic OH excluding ortho intramolecular Hbond substituents is 1. The van der Waals surface area contributed by atoms with Crippen LogP contribution in [0.5, 0.6) is 5.75 Å². The van der Waals surface area contributed by atoms with Gasteiger partial charge in [-0.25, -0.2) is 4.79 Å². The van der Waals surface area contributed by atoms with E-state index in [1.165, 1.54) is 37.5 Å². The number of phenols is 1. The molecule has 4 aliphatic heterocycles. The van der Waals surface area contributed by atoms with Crippen LogP contribution in [0.4, 0.5) is 0 Å². The number of carbonyl (C=O) groups is 1. The number of ether oxygens (including phenoxy) is 7. The van der Waals surface area contributed by atoms with Crippen molar-refractivity contribution in [1.29, 1.82) is 0 Å². The summed E-state index contributed by atoms with van der Waals surface area (Å²) in [5.74, 6) is -2.04. The molecule has 4 heterocycles. The highest BCUT2D eigenvalue weighted by atomic mass is 16.8. The third kappa shape index (κ3) is 6.05. The van der Waals surface area contributed by atoms with Gasteiger partial charge in [-0.2, -0.15) is 0 Å². The number of rotatable bonds is 9. The van der Waals surface area contributed by atoms with Gasteiger partial charge in [0, 0.05) is 12.0 Å². The van der Waals surface area contributed by atoms with Gasteiger partial charge in [-0.05, 0) is 36.8 Å². The second-order valence-corrected chi connectivity index (χ2v) is 12.1. The number of hydrogen-bond donors (Lipinski definition) is 8. The molecular weight excluding hydrogens is 616 g/mol. The van der Waals surface area contributed by atoms with E-state index in [0.717, 1.165) is 0 Å². The standard InChI is InChI=1S/C30H38O16/c1-12-19(34)21(36)23(38)28(42-12)44-25-15-8-9-40-27(45-29-24(39)22(37)20(35)16(10-31)43-29)18(15)30(26(25)46-30)11-41-17(33)7-4-13-2-5-14(32)6-3-13/h2-9,12,15-16,18-29,31-32,34-39H,10-11H2,1H3/b7-4+. The smallest absolute Gasteiger partial charge is 0.330 e. The Morgan fingerprint density at radius 2 is 1.57 bits per heavy atom. The summed E-state index contributed by atoms with van der Waals surface area (Å²) in [5, 5.41) is 81.2. The fourth-order valence-electron chi connectivity index (χ4n) is 6.55. The Balaban J connectivity index is 1.22. The molecule has 1 aromatic rings. The third-order valence-corrected chi connectivity index (χ3v) is 9.20. The largest absolute Gasteiger partial charge is 0.508 e. The average molecular weight is 655 g/mol. The number of carbonyl (C=O) groups excluding carboxylic acids is 1. The Morgan fingerprint density at radius 3 is 2.26 bits per heavy atom. The number of aliphatic hydroxyl groups is 7. The summed E-state index contributed by atoms with van der Waals surface area (Å²) in [6, 6.07) is 6.13. The van der Waals surface area contributed by atoms with Crippen molar-refractivity contribution in [3.63, 3.8) is 0 Å². The molecule has 0 spiro atoms. The Bertz CT molecular complexity index is 1290. The summed E-state index contributed by atoms with van der Waals surface area (Å²) in [6.07, 6.45) is -11.8. The molecule has 16 atom stereocenters. The molecule has 8 N–H and O–H groups in total. The highest BCUT2D eigenvalue weighted by Gasteiger charge is 2.77. The fraction of sp³-hybridized carbons (Fsp3) is 0.633.